The summed E-state index contributed by atoms with van der Waals surface area (Å²) < 4.78 is 26.9. The summed E-state index contributed by atoms with van der Waals surface area (Å²) in [7, 11) is -4.60. The Morgan fingerprint density at radius 3 is 0.979 bits per heavy atom. The van der Waals surface area contributed by atoms with Gasteiger partial charge >= 0.3 is 19.8 Å². The molecule has 1 fully saturated rings. The van der Waals surface area contributed by atoms with Gasteiger partial charge in [-0.05, 0) is 18.8 Å². The number of esters is 2. The zero-order valence-corrected chi connectivity index (χ0v) is 31.3. The molecule has 0 aromatic heterocycles. The van der Waals surface area contributed by atoms with E-state index < -0.39 is 7.82 Å². The Labute approximate surface area is 288 Å². The van der Waals surface area contributed by atoms with Crippen molar-refractivity contribution in [3.63, 3.8) is 0 Å². The monoisotopic (exact) mass is 689 g/mol. The number of carbonyl (C=O) groups is 2. The summed E-state index contributed by atoms with van der Waals surface area (Å²) in [6.45, 7) is 4.68. The summed E-state index contributed by atoms with van der Waals surface area (Å²) >= 11 is 0. The predicted molar refractivity (Wildman–Crippen MR) is 191 cm³/mol. The van der Waals surface area contributed by atoms with E-state index in [-0.39, 0.29) is 49.5 Å². The van der Waals surface area contributed by atoms with Gasteiger partial charge in [-0.3, -0.25) is 14.1 Å². The van der Waals surface area contributed by atoms with E-state index in [2.05, 4.69) is 13.8 Å². The minimum Gasteiger partial charge on any atom is -0.465 e. The van der Waals surface area contributed by atoms with Crippen LogP contribution in [0.15, 0.2) is 0 Å². The highest BCUT2D eigenvalue weighted by atomic mass is 31.2. The Morgan fingerprint density at radius 2 is 0.702 bits per heavy atom. The maximum Gasteiger partial charge on any atom is 0.469 e. The van der Waals surface area contributed by atoms with Gasteiger partial charge in [-0.15, -0.1) is 0 Å². The fourth-order valence-electron chi connectivity index (χ4n) is 6.55. The molecule has 0 aromatic rings. The average Bonchev–Trinajstić information content (AvgIpc) is 3.73. The Hall–Kier alpha value is -0.950. The van der Waals surface area contributed by atoms with Crippen LogP contribution in [0.4, 0.5) is 0 Å². The number of hydrogen-bond acceptors (Lipinski definition) is 6. The highest BCUT2D eigenvalue weighted by Gasteiger charge is 2.52. The molecule has 2 N–H and O–H groups in total. The summed E-state index contributed by atoms with van der Waals surface area (Å²) in [5.74, 6) is -0.945. The zero-order chi connectivity index (χ0) is 34.4. The van der Waals surface area contributed by atoms with Crippen molar-refractivity contribution in [3.05, 3.63) is 0 Å². The van der Waals surface area contributed by atoms with Gasteiger partial charge in [0.15, 0.2) is 0 Å². The molecule has 1 aliphatic rings. The molecule has 1 saturated carbocycles. The lowest BCUT2D eigenvalue weighted by molar-refractivity contribution is -0.146. The van der Waals surface area contributed by atoms with Crippen LogP contribution in [0.25, 0.3) is 0 Å². The standard InChI is InChI=1S/C38H73O8P/c1-3-5-7-9-11-13-15-17-19-21-23-25-27-29-37(39)44-31-34-35(36(34)33-46-47(41,42)43)32-45-38(40)30-28-26-24-22-20-18-16-14-12-10-8-6-4-2/h34-36H,3-33H2,1-2H3,(H2,41,42,43)/t34-,35+,36?. The molecule has 0 bridgehead atoms. The molecular weight excluding hydrogens is 615 g/mol. The van der Waals surface area contributed by atoms with Gasteiger partial charge in [0.05, 0.1) is 19.8 Å². The summed E-state index contributed by atoms with van der Waals surface area (Å²) in [5, 5.41) is 0. The molecule has 0 aliphatic heterocycles. The minimum absolute atomic E-state index is 0.124. The number of hydrogen-bond donors (Lipinski definition) is 2. The van der Waals surface area contributed by atoms with Gasteiger partial charge in [-0.1, -0.05) is 168 Å². The molecule has 1 rings (SSSR count). The molecule has 47 heavy (non-hydrogen) atoms. The molecule has 8 nitrogen and oxygen atoms in total. The Kier molecular flexibility index (Phi) is 28.1. The molecule has 0 amide bonds. The largest absolute Gasteiger partial charge is 0.469 e. The molecular formula is C38H73O8P. The van der Waals surface area contributed by atoms with Crippen molar-refractivity contribution in [2.75, 3.05) is 19.8 Å². The Morgan fingerprint density at radius 1 is 0.447 bits per heavy atom. The van der Waals surface area contributed by atoms with E-state index in [0.717, 1.165) is 38.5 Å². The van der Waals surface area contributed by atoms with Crippen molar-refractivity contribution in [1.82, 2.24) is 0 Å². The Balaban J connectivity index is 2.10. The number of rotatable bonds is 35. The SMILES string of the molecule is CCCCCCCCCCCCCCCC(=O)OC[C@@H]1C(COP(=O)(O)O)[C@@H]1COC(=O)CCCCCCCCCCCCCCC. The lowest BCUT2D eigenvalue weighted by Gasteiger charge is -2.06. The number of phosphoric ester groups is 1. The molecule has 3 atom stereocenters. The van der Waals surface area contributed by atoms with Crippen LogP contribution >= 0.6 is 7.82 Å². The predicted octanol–water partition coefficient (Wildman–Crippen LogP) is 11.0. The summed E-state index contributed by atoms with van der Waals surface area (Å²) in [6.07, 6.45) is 33.2. The third-order valence-corrected chi connectivity index (χ3v) is 10.3. The van der Waals surface area contributed by atoms with Gasteiger partial charge < -0.3 is 19.3 Å². The molecule has 1 unspecified atom stereocenters. The third kappa shape index (κ3) is 27.6. The highest BCUT2D eigenvalue weighted by molar-refractivity contribution is 7.46. The maximum atomic E-state index is 12.3. The van der Waals surface area contributed by atoms with Crippen LogP contribution in [-0.2, 0) is 28.2 Å². The quantitative estimate of drug-likeness (QED) is 0.0383. The fourth-order valence-corrected chi connectivity index (χ4v) is 6.91. The van der Waals surface area contributed by atoms with E-state index >= 15 is 0 Å². The van der Waals surface area contributed by atoms with Gasteiger partial charge in [-0.2, -0.15) is 0 Å². The number of carbonyl (C=O) groups excluding carboxylic acids is 2. The molecule has 0 saturated heterocycles. The van der Waals surface area contributed by atoms with Gasteiger partial charge in [0.25, 0.3) is 0 Å². The van der Waals surface area contributed by atoms with E-state index in [0.29, 0.717) is 12.8 Å². The van der Waals surface area contributed by atoms with Gasteiger partial charge in [0, 0.05) is 24.7 Å². The van der Waals surface area contributed by atoms with Gasteiger partial charge in [0.1, 0.15) is 0 Å². The maximum absolute atomic E-state index is 12.3. The molecule has 0 heterocycles. The first-order valence-electron chi connectivity index (χ1n) is 19.8. The summed E-state index contributed by atoms with van der Waals surface area (Å²) in [5.41, 5.74) is 0. The smallest absolute Gasteiger partial charge is 0.465 e. The second-order valence-electron chi connectivity index (χ2n) is 14.1. The normalized spacial score (nSPS) is 17.6. The van der Waals surface area contributed by atoms with Crippen molar-refractivity contribution in [1.29, 1.82) is 0 Å². The van der Waals surface area contributed by atoms with E-state index in [9.17, 15) is 14.2 Å². The van der Waals surface area contributed by atoms with Crippen LogP contribution in [-0.4, -0.2) is 41.5 Å². The van der Waals surface area contributed by atoms with E-state index in [1.54, 1.807) is 0 Å². The van der Waals surface area contributed by atoms with Crippen LogP contribution < -0.4 is 0 Å². The van der Waals surface area contributed by atoms with Crippen molar-refractivity contribution < 1.29 is 37.9 Å². The third-order valence-electron chi connectivity index (χ3n) is 9.79. The van der Waals surface area contributed by atoms with Crippen LogP contribution in [0, 0.1) is 17.8 Å². The molecule has 0 aromatic carbocycles. The molecule has 1 aliphatic carbocycles. The second-order valence-corrected chi connectivity index (χ2v) is 15.4. The molecule has 0 spiro atoms. The molecule has 9 heteroatoms. The summed E-state index contributed by atoms with van der Waals surface area (Å²) in [6, 6.07) is 0. The number of unbranched alkanes of at least 4 members (excludes halogenated alkanes) is 24. The topological polar surface area (TPSA) is 119 Å². The van der Waals surface area contributed by atoms with E-state index in [1.165, 1.54) is 128 Å². The summed E-state index contributed by atoms with van der Waals surface area (Å²) in [4.78, 5) is 42.9. The van der Waals surface area contributed by atoms with Crippen molar-refractivity contribution in [3.8, 4) is 0 Å². The van der Waals surface area contributed by atoms with Crippen molar-refractivity contribution >= 4 is 19.8 Å². The van der Waals surface area contributed by atoms with E-state index in [4.69, 9.17) is 23.8 Å². The first kappa shape index (κ1) is 44.1. The van der Waals surface area contributed by atoms with Crippen LogP contribution in [0.3, 0.4) is 0 Å². The van der Waals surface area contributed by atoms with Gasteiger partial charge in [-0.25, -0.2) is 4.57 Å². The fraction of sp³-hybridized carbons (Fsp3) is 0.947. The van der Waals surface area contributed by atoms with Crippen LogP contribution in [0.1, 0.15) is 194 Å². The minimum atomic E-state index is -4.60. The Bertz CT molecular complexity index is 749. The van der Waals surface area contributed by atoms with Crippen LogP contribution in [0.2, 0.25) is 0 Å². The van der Waals surface area contributed by atoms with Crippen LogP contribution in [0.5, 0.6) is 0 Å². The highest BCUT2D eigenvalue weighted by Crippen LogP contribution is 2.50. The second kappa shape index (κ2) is 29.9. The van der Waals surface area contributed by atoms with Crippen molar-refractivity contribution in [2.24, 2.45) is 17.8 Å². The first-order chi connectivity index (χ1) is 22.8. The van der Waals surface area contributed by atoms with Crippen molar-refractivity contribution in [2.45, 2.75) is 194 Å². The lowest BCUT2D eigenvalue weighted by Crippen LogP contribution is -2.11. The average molecular weight is 689 g/mol. The zero-order valence-electron chi connectivity index (χ0n) is 30.4. The molecule has 278 valence electrons. The van der Waals surface area contributed by atoms with Gasteiger partial charge in [0.2, 0.25) is 0 Å². The first-order valence-corrected chi connectivity index (χ1v) is 21.3. The number of ether oxygens (including phenoxy) is 2. The number of phosphoric acid groups is 1. The van der Waals surface area contributed by atoms with E-state index in [1.807, 2.05) is 0 Å². The lowest BCUT2D eigenvalue weighted by atomic mass is 10.0. The molecule has 0 radical (unpaired) electrons.